The first-order valence-electron chi connectivity index (χ1n) is 41.4. The van der Waals surface area contributed by atoms with Gasteiger partial charge < -0.3 is 38.4 Å². The second kappa shape index (κ2) is 46.1. The van der Waals surface area contributed by atoms with Crippen LogP contribution in [0.15, 0.2) is 81.6 Å². The lowest BCUT2D eigenvalue weighted by atomic mass is 9.64. The van der Waals surface area contributed by atoms with Crippen LogP contribution in [0.4, 0.5) is 11.4 Å². The SMILES string of the molecule is CCCCCCCCCCC(CC(C(=O)[O-])C(c1c2ccc(=[N+](CCCC)CCCC)cc-2oc2cc(N(CCCC)CCCC)ccc12)C(CC)CCCCCCCC)C(c1c2ccc(=[N+](CCCC)CCCC)cc-2oc2cc(N(CCCC)CCCC)ccc12)C(CC)C(=O)[O-]. The molecule has 0 saturated heterocycles. The molecule has 0 amide bonds. The van der Waals surface area contributed by atoms with Crippen LogP contribution in [-0.4, -0.2) is 64.3 Å². The molecule has 2 aliphatic carbocycles. The molecule has 6 atom stereocenters. The van der Waals surface area contributed by atoms with E-state index in [1.165, 1.54) is 44.9 Å². The summed E-state index contributed by atoms with van der Waals surface area (Å²) < 4.78 is 19.8. The summed E-state index contributed by atoms with van der Waals surface area (Å²) in [6.07, 6.45) is 36.0. The van der Waals surface area contributed by atoms with Gasteiger partial charge in [-0.3, -0.25) is 0 Å². The predicted octanol–water partition coefficient (Wildman–Crippen LogP) is 21.3. The molecule has 552 valence electrons. The van der Waals surface area contributed by atoms with Crippen molar-refractivity contribution in [1.82, 2.24) is 9.15 Å². The number of fused-ring (bicyclic) bond motifs is 4. The van der Waals surface area contributed by atoms with Gasteiger partial charge in [0.05, 0.1) is 12.1 Å². The maximum absolute atomic E-state index is 15.5. The third-order valence-corrected chi connectivity index (χ3v) is 22.2. The van der Waals surface area contributed by atoms with E-state index < -0.39 is 41.5 Å². The molecule has 2 aromatic carbocycles. The fraction of sp³-hybridized carbons (Fsp3) is 0.685. The fourth-order valence-corrected chi connectivity index (χ4v) is 16.2. The first-order chi connectivity index (χ1) is 48.3. The number of nitrogens with zero attached hydrogens (tertiary/aromatic N) is 4. The quantitative estimate of drug-likeness (QED) is 0.0210. The molecule has 2 heterocycles. The van der Waals surface area contributed by atoms with Gasteiger partial charge in [0, 0.05) is 133 Å². The van der Waals surface area contributed by atoms with Crippen molar-refractivity contribution in [1.29, 1.82) is 0 Å². The number of anilines is 2. The van der Waals surface area contributed by atoms with Gasteiger partial charge in [0.2, 0.25) is 10.7 Å². The summed E-state index contributed by atoms with van der Waals surface area (Å²) in [5, 5.41) is 34.3. The lowest BCUT2D eigenvalue weighted by molar-refractivity contribution is -0.313. The fourth-order valence-electron chi connectivity index (χ4n) is 16.2. The van der Waals surface area contributed by atoms with Crippen LogP contribution in [0.1, 0.15) is 331 Å². The van der Waals surface area contributed by atoms with E-state index in [0.29, 0.717) is 12.8 Å². The third-order valence-electron chi connectivity index (χ3n) is 22.2. The Bertz CT molecular complexity index is 3300. The number of aliphatic carboxylic acids is 2. The van der Waals surface area contributed by atoms with Gasteiger partial charge in [-0.1, -0.05) is 231 Å². The monoisotopic (exact) mass is 1360 g/mol. The van der Waals surface area contributed by atoms with Crippen molar-refractivity contribution in [2.45, 2.75) is 320 Å². The van der Waals surface area contributed by atoms with E-state index in [2.05, 4.69) is 168 Å². The molecule has 0 fully saturated rings. The van der Waals surface area contributed by atoms with E-state index in [9.17, 15) is 9.90 Å². The second-order valence-corrected chi connectivity index (χ2v) is 29.8. The van der Waals surface area contributed by atoms with Crippen LogP contribution in [0.3, 0.4) is 0 Å². The van der Waals surface area contributed by atoms with Crippen molar-refractivity contribution in [3.8, 4) is 22.6 Å². The Kier molecular flexibility index (Phi) is 38.3. The van der Waals surface area contributed by atoms with E-state index >= 15 is 9.90 Å². The summed E-state index contributed by atoms with van der Waals surface area (Å²) in [4.78, 5) is 35.2. The van der Waals surface area contributed by atoms with Crippen molar-refractivity contribution in [2.75, 3.05) is 62.2 Å². The van der Waals surface area contributed by atoms with Crippen LogP contribution in [0.25, 0.3) is 44.6 Å². The van der Waals surface area contributed by atoms with E-state index in [-0.39, 0.29) is 12.3 Å². The van der Waals surface area contributed by atoms with Crippen molar-refractivity contribution in [3.63, 3.8) is 0 Å². The molecule has 10 heteroatoms. The van der Waals surface area contributed by atoms with Crippen molar-refractivity contribution >= 4 is 45.3 Å². The third kappa shape index (κ3) is 24.2. The highest BCUT2D eigenvalue weighted by Gasteiger charge is 2.42. The summed E-state index contributed by atoms with van der Waals surface area (Å²) in [6.45, 7) is 34.4. The highest BCUT2D eigenvalue weighted by molar-refractivity contribution is 5.93. The van der Waals surface area contributed by atoms with Crippen LogP contribution in [0.5, 0.6) is 0 Å². The number of carboxylic acids is 2. The molecular weight excluding hydrogens is 1220 g/mol. The van der Waals surface area contributed by atoms with Gasteiger partial charge >= 0.3 is 0 Å². The lowest BCUT2D eigenvalue weighted by Crippen LogP contribution is -2.42. The normalized spacial score (nSPS) is 13.7. The zero-order chi connectivity index (χ0) is 71.3. The second-order valence-electron chi connectivity index (χ2n) is 29.8. The number of carboxylic acid groups (broad SMARTS) is 2. The predicted molar refractivity (Wildman–Crippen MR) is 419 cm³/mol. The number of carbonyl (C=O) groups is 2. The zero-order valence-corrected chi connectivity index (χ0v) is 65.0. The topological polar surface area (TPSA) is 119 Å². The number of unbranched alkanes of at least 4 members (excludes halogenated alkanes) is 20. The number of carbonyl (C=O) groups excluding carboxylic acids is 2. The average molecular weight is 1360 g/mol. The molecule has 4 aliphatic rings. The van der Waals surface area contributed by atoms with E-state index in [4.69, 9.17) is 8.83 Å². The molecule has 99 heavy (non-hydrogen) atoms. The highest BCUT2D eigenvalue weighted by Crippen LogP contribution is 2.53. The molecule has 0 radical (unpaired) electrons. The molecule has 10 nitrogen and oxygen atoms in total. The van der Waals surface area contributed by atoms with Gasteiger partial charge in [0.1, 0.15) is 48.9 Å². The van der Waals surface area contributed by atoms with Gasteiger partial charge in [-0.25, -0.2) is 9.15 Å². The van der Waals surface area contributed by atoms with Gasteiger partial charge in [-0.15, -0.1) is 0 Å². The van der Waals surface area contributed by atoms with Gasteiger partial charge in [-0.2, -0.15) is 0 Å². The van der Waals surface area contributed by atoms with Gasteiger partial charge in [0.15, 0.2) is 0 Å². The molecule has 2 aliphatic heterocycles. The standard InChI is InChI=1S/C89H140N4O6/c1-13-25-35-37-39-40-42-44-46-69(85(74(24-12)88(94)95)87-77-53-49-72(92(59-31-19-7)60-32-20-8)66-82(77)99-83-67-73(50-54-78(83)87)93(61-33-21-9)62-34-22-10)63-79(89(96)97)84(68(23-11)45-43-41-38-36-26-14-2)86-75-51-47-70(90(55-27-15-3)56-28-16-4)64-80(75)98-81-65-71(48-52-76(81)86)91(57-29-17-5)58-30-18-6/h47-54,64-69,74,79,84-85H,13-46,55-63H2,1-12H3. The summed E-state index contributed by atoms with van der Waals surface area (Å²) in [7, 11) is 0. The molecule has 0 N–H and O–H groups in total. The zero-order valence-electron chi connectivity index (χ0n) is 65.0. The first kappa shape index (κ1) is 82.3. The largest absolute Gasteiger partial charge is 0.550 e. The van der Waals surface area contributed by atoms with Gasteiger partial charge in [-0.05, 0) is 123 Å². The van der Waals surface area contributed by atoms with Crippen molar-refractivity contribution < 1.29 is 28.6 Å². The number of benzene rings is 4. The number of hydrogen-bond donors (Lipinski definition) is 0. The maximum atomic E-state index is 15.5. The average Bonchev–Trinajstić information content (AvgIpc) is 0.747. The van der Waals surface area contributed by atoms with Gasteiger partial charge in [0.25, 0.3) is 0 Å². The Balaban J connectivity index is 1.77. The molecule has 0 aromatic heterocycles. The van der Waals surface area contributed by atoms with Crippen LogP contribution in [0, 0.1) is 23.7 Å². The van der Waals surface area contributed by atoms with Crippen LogP contribution in [0.2, 0.25) is 0 Å². The Hall–Kier alpha value is -5.64. The highest BCUT2D eigenvalue weighted by atomic mass is 16.4. The maximum Gasteiger partial charge on any atom is 0.203 e. The smallest absolute Gasteiger partial charge is 0.203 e. The minimum absolute atomic E-state index is 0.0328. The molecule has 6 rings (SSSR count). The van der Waals surface area contributed by atoms with Crippen molar-refractivity contribution in [3.05, 3.63) is 94.6 Å². The number of rotatable bonds is 54. The Morgan fingerprint density at radius 1 is 0.374 bits per heavy atom. The molecule has 6 unspecified atom stereocenters. The van der Waals surface area contributed by atoms with Crippen LogP contribution < -0.4 is 39.9 Å². The summed E-state index contributed by atoms with van der Waals surface area (Å²) in [6, 6.07) is 27.0. The molecule has 0 spiro atoms. The lowest BCUT2D eigenvalue weighted by Gasteiger charge is -2.42. The van der Waals surface area contributed by atoms with E-state index in [0.717, 1.165) is 291 Å². The Morgan fingerprint density at radius 3 is 1.06 bits per heavy atom. The van der Waals surface area contributed by atoms with Crippen LogP contribution in [-0.2, 0) is 9.59 Å². The molecular formula is C89H140N4O6. The summed E-state index contributed by atoms with van der Waals surface area (Å²) >= 11 is 0. The van der Waals surface area contributed by atoms with E-state index in [1.807, 2.05) is 6.92 Å². The van der Waals surface area contributed by atoms with E-state index in [1.54, 1.807) is 0 Å². The summed E-state index contributed by atoms with van der Waals surface area (Å²) in [5.41, 5.74) is 7.59. The number of hydrogen-bond acceptors (Lipinski definition) is 8. The molecule has 0 bridgehead atoms. The molecule has 2 aromatic rings. The molecule has 0 saturated carbocycles. The first-order valence-corrected chi connectivity index (χ1v) is 41.4. The Morgan fingerprint density at radius 2 is 0.717 bits per heavy atom. The van der Waals surface area contributed by atoms with Crippen LogP contribution >= 0.6 is 0 Å². The van der Waals surface area contributed by atoms with Crippen molar-refractivity contribution in [2.24, 2.45) is 23.7 Å². The summed E-state index contributed by atoms with van der Waals surface area (Å²) in [5.74, 6) is -4.10. The minimum Gasteiger partial charge on any atom is -0.550 e. The minimum atomic E-state index is -1.09. The Labute approximate surface area is 602 Å².